The average molecular weight is 536 g/mol. The second kappa shape index (κ2) is 10.0. The number of amides is 1. The van der Waals surface area contributed by atoms with Gasteiger partial charge in [-0.25, -0.2) is 9.78 Å². The highest BCUT2D eigenvalue weighted by molar-refractivity contribution is 7.21. The van der Waals surface area contributed by atoms with E-state index in [0.717, 1.165) is 23.5 Å². The third-order valence-electron chi connectivity index (χ3n) is 5.66. The van der Waals surface area contributed by atoms with E-state index in [1.807, 2.05) is 0 Å². The fourth-order valence-corrected chi connectivity index (χ4v) is 4.95. The number of aromatic nitrogens is 1. The Hall–Kier alpha value is -5.22. The van der Waals surface area contributed by atoms with E-state index in [-0.39, 0.29) is 33.2 Å². The van der Waals surface area contributed by atoms with Crippen LogP contribution in [0.25, 0.3) is 21.3 Å². The molecule has 38 heavy (non-hydrogen) atoms. The van der Waals surface area contributed by atoms with Crippen molar-refractivity contribution in [3.8, 4) is 40.2 Å². The fourth-order valence-electron chi connectivity index (χ4n) is 3.94. The predicted octanol–water partition coefficient (Wildman–Crippen LogP) is 3.68. The number of methoxy groups -OCH3 is 3. The Bertz CT molecular complexity index is 1630. The van der Waals surface area contributed by atoms with Crippen molar-refractivity contribution in [1.82, 2.24) is 4.98 Å². The summed E-state index contributed by atoms with van der Waals surface area (Å²) in [6.45, 7) is 0. The van der Waals surface area contributed by atoms with Crippen molar-refractivity contribution in [1.29, 1.82) is 5.26 Å². The molecule has 7 N–H and O–H groups in total. The molecule has 0 radical (unpaired) electrons. The lowest BCUT2D eigenvalue weighted by Gasteiger charge is -2.16. The number of nitrogens with zero attached hydrogens (tertiary/aromatic N) is 2. The molecule has 0 atom stereocenters. The number of fused-ring (bicyclic) bond motifs is 1. The molecule has 13 heteroatoms. The molecule has 12 nitrogen and oxygen atoms in total. The van der Waals surface area contributed by atoms with Crippen molar-refractivity contribution in [2.75, 3.05) is 38.1 Å². The Labute approximate surface area is 219 Å². The SMILES string of the molecule is COc1cc(-c2c(C#N)c(N)nc3sc(C(=O)Nc4ccc(O)c(C(=O)O)c4)c(N)c23)cc(OC)c1OC. The number of thiophene rings is 1. The molecule has 194 valence electrons. The van der Waals surface area contributed by atoms with Crippen LogP contribution in [0.2, 0.25) is 0 Å². The summed E-state index contributed by atoms with van der Waals surface area (Å²) in [5.74, 6) is -1.55. The molecule has 0 aliphatic carbocycles. The first-order valence-corrected chi connectivity index (χ1v) is 11.6. The van der Waals surface area contributed by atoms with Crippen molar-refractivity contribution in [3.63, 3.8) is 0 Å². The van der Waals surface area contributed by atoms with E-state index < -0.39 is 17.6 Å². The molecule has 0 aliphatic heterocycles. The molecule has 0 unspecified atom stereocenters. The highest BCUT2D eigenvalue weighted by Crippen LogP contribution is 2.47. The zero-order valence-corrected chi connectivity index (χ0v) is 21.1. The van der Waals surface area contributed by atoms with Crippen LogP contribution >= 0.6 is 11.3 Å². The number of hydrogen-bond donors (Lipinski definition) is 5. The van der Waals surface area contributed by atoms with Gasteiger partial charge < -0.3 is 41.2 Å². The first-order chi connectivity index (χ1) is 18.1. The van der Waals surface area contributed by atoms with Gasteiger partial charge in [-0.05, 0) is 35.9 Å². The molecule has 2 aromatic carbocycles. The van der Waals surface area contributed by atoms with Gasteiger partial charge in [0, 0.05) is 16.6 Å². The minimum Gasteiger partial charge on any atom is -0.507 e. The maximum atomic E-state index is 13.2. The molecule has 4 aromatic rings. The first kappa shape index (κ1) is 25.9. The quantitative estimate of drug-likeness (QED) is 0.216. The number of anilines is 3. The van der Waals surface area contributed by atoms with Gasteiger partial charge in [0.2, 0.25) is 5.75 Å². The third-order valence-corrected chi connectivity index (χ3v) is 6.76. The number of pyridine rings is 1. The molecule has 0 fully saturated rings. The van der Waals surface area contributed by atoms with E-state index in [9.17, 15) is 25.1 Å². The van der Waals surface area contributed by atoms with Gasteiger partial charge in [0.05, 0.1) is 27.0 Å². The number of hydrogen-bond acceptors (Lipinski definition) is 11. The Morgan fingerprint density at radius 3 is 2.29 bits per heavy atom. The molecule has 2 heterocycles. The van der Waals surface area contributed by atoms with Gasteiger partial charge in [0.15, 0.2) is 11.5 Å². The first-order valence-electron chi connectivity index (χ1n) is 10.7. The molecule has 2 aromatic heterocycles. The number of aromatic hydroxyl groups is 1. The van der Waals surface area contributed by atoms with E-state index in [2.05, 4.69) is 16.4 Å². The number of benzene rings is 2. The molecule has 0 spiro atoms. The maximum Gasteiger partial charge on any atom is 0.339 e. The second-order valence-electron chi connectivity index (χ2n) is 7.79. The molecular formula is C25H21N5O7S. The standard InChI is InChI=1S/C25H21N5O7S/c1-35-15-6-10(7-16(36-2)20(15)37-3)17-13(9-26)22(28)30-24-18(17)19(27)21(38-24)23(32)29-11-4-5-14(31)12(8-11)25(33)34/h4-8,31H,27H2,1-3H3,(H2,28,30)(H,29,32)(H,33,34). The topological polar surface area (TPSA) is 203 Å². The maximum absolute atomic E-state index is 13.2. The zero-order valence-electron chi connectivity index (χ0n) is 20.3. The van der Waals surface area contributed by atoms with Gasteiger partial charge in [0.25, 0.3) is 5.91 Å². The van der Waals surface area contributed by atoms with Crippen molar-refractivity contribution >= 4 is 50.6 Å². The average Bonchev–Trinajstić information content (AvgIpc) is 3.23. The van der Waals surface area contributed by atoms with Crippen LogP contribution in [0.5, 0.6) is 23.0 Å². The molecule has 0 bridgehead atoms. The van der Waals surface area contributed by atoms with Crippen molar-refractivity contribution in [2.24, 2.45) is 0 Å². The molecule has 1 amide bonds. The molecule has 4 rings (SSSR count). The number of phenols is 1. The number of carbonyl (C=O) groups excluding carboxylic acids is 1. The van der Waals surface area contributed by atoms with Crippen LogP contribution in [-0.2, 0) is 0 Å². The van der Waals surface area contributed by atoms with E-state index in [0.29, 0.717) is 38.6 Å². The lowest BCUT2D eigenvalue weighted by molar-refractivity contribution is 0.0693. The zero-order chi connectivity index (χ0) is 27.7. The largest absolute Gasteiger partial charge is 0.507 e. The van der Waals surface area contributed by atoms with Gasteiger partial charge in [0.1, 0.15) is 38.5 Å². The van der Waals surface area contributed by atoms with Gasteiger partial charge >= 0.3 is 5.97 Å². The molecule has 0 saturated carbocycles. The van der Waals surface area contributed by atoms with E-state index in [4.69, 9.17) is 25.7 Å². The number of carboxylic acid groups (broad SMARTS) is 1. The summed E-state index contributed by atoms with van der Waals surface area (Å²) in [5, 5.41) is 31.8. The van der Waals surface area contributed by atoms with Gasteiger partial charge in [-0.15, -0.1) is 11.3 Å². The van der Waals surface area contributed by atoms with E-state index in [1.54, 1.807) is 12.1 Å². The van der Waals surface area contributed by atoms with Gasteiger partial charge in [-0.1, -0.05) is 0 Å². The Morgan fingerprint density at radius 2 is 1.74 bits per heavy atom. The minimum atomic E-state index is -1.36. The number of nitrogens with two attached hydrogens (primary N) is 2. The summed E-state index contributed by atoms with van der Waals surface area (Å²) in [4.78, 5) is 29.1. The summed E-state index contributed by atoms with van der Waals surface area (Å²) >= 11 is 0.944. The van der Waals surface area contributed by atoms with Gasteiger partial charge in [-0.2, -0.15) is 5.26 Å². The Morgan fingerprint density at radius 1 is 1.08 bits per heavy atom. The van der Waals surface area contributed by atoms with Crippen molar-refractivity contribution in [2.45, 2.75) is 0 Å². The number of carbonyl (C=O) groups is 2. The lowest BCUT2D eigenvalue weighted by Crippen LogP contribution is -2.12. The van der Waals surface area contributed by atoms with Crippen LogP contribution < -0.4 is 31.0 Å². The summed E-state index contributed by atoms with van der Waals surface area (Å²) in [5.41, 5.74) is 13.1. The highest BCUT2D eigenvalue weighted by atomic mass is 32.1. The van der Waals surface area contributed by atoms with Crippen LogP contribution in [0.4, 0.5) is 17.2 Å². The van der Waals surface area contributed by atoms with Crippen LogP contribution in [0, 0.1) is 11.3 Å². The summed E-state index contributed by atoms with van der Waals surface area (Å²) < 4.78 is 16.3. The van der Waals surface area contributed by atoms with Crippen LogP contribution in [0.1, 0.15) is 25.6 Å². The predicted molar refractivity (Wildman–Crippen MR) is 141 cm³/mol. The molecular weight excluding hydrogens is 514 g/mol. The smallest absolute Gasteiger partial charge is 0.339 e. The Balaban J connectivity index is 1.91. The van der Waals surface area contributed by atoms with Crippen LogP contribution in [0.15, 0.2) is 30.3 Å². The number of rotatable bonds is 7. The number of nitriles is 1. The van der Waals surface area contributed by atoms with E-state index in [1.165, 1.54) is 27.4 Å². The number of carboxylic acids is 1. The number of nitrogen functional groups attached to an aromatic ring is 2. The minimum absolute atomic E-state index is 0.0347. The molecule has 0 saturated heterocycles. The van der Waals surface area contributed by atoms with Crippen molar-refractivity contribution < 1.29 is 34.0 Å². The van der Waals surface area contributed by atoms with Crippen molar-refractivity contribution in [3.05, 3.63) is 46.3 Å². The highest BCUT2D eigenvalue weighted by Gasteiger charge is 2.26. The number of ether oxygens (including phenoxy) is 3. The summed E-state index contributed by atoms with van der Waals surface area (Å²) in [6.07, 6.45) is 0. The van der Waals surface area contributed by atoms with Crippen LogP contribution in [0.3, 0.4) is 0 Å². The van der Waals surface area contributed by atoms with E-state index >= 15 is 0 Å². The normalized spacial score (nSPS) is 10.6. The number of nitrogens with one attached hydrogen (secondary N) is 1. The lowest BCUT2D eigenvalue weighted by atomic mass is 9.96. The molecule has 0 aliphatic rings. The summed E-state index contributed by atoms with van der Waals surface area (Å²) in [7, 11) is 4.35. The summed E-state index contributed by atoms with van der Waals surface area (Å²) in [6, 6.07) is 8.91. The van der Waals surface area contributed by atoms with Crippen LogP contribution in [-0.4, -0.2) is 48.4 Å². The second-order valence-corrected chi connectivity index (χ2v) is 8.79. The Kier molecular flexibility index (Phi) is 6.83. The third kappa shape index (κ3) is 4.29. The monoisotopic (exact) mass is 535 g/mol. The fraction of sp³-hybridized carbons (Fsp3) is 0.120. The van der Waals surface area contributed by atoms with Gasteiger partial charge in [-0.3, -0.25) is 4.79 Å². The number of aromatic carboxylic acids is 1.